The summed E-state index contributed by atoms with van der Waals surface area (Å²) < 4.78 is 11.4. The number of aryl methyl sites for hydroxylation is 2. The Morgan fingerprint density at radius 1 is 1.12 bits per heavy atom. The number of benzene rings is 2. The van der Waals surface area contributed by atoms with E-state index in [0.717, 1.165) is 11.1 Å². The third kappa shape index (κ3) is 3.91. The van der Waals surface area contributed by atoms with Gasteiger partial charge in [0.1, 0.15) is 29.1 Å². The topological polar surface area (TPSA) is 80.0 Å². The lowest BCUT2D eigenvalue weighted by molar-refractivity contribution is -0.132. The van der Waals surface area contributed by atoms with E-state index in [9.17, 15) is 14.7 Å². The standard InChI is InChI=1S/C26H24ClNO5/c1-5-32-21-13-17(10-11-18(21)27)24(29)22-23(20-12-9-15(3)33-20)28(26(31)25(22)30)19-8-6-7-14(2)16(19)4/h6-13,23,29H,5H2,1-4H3/b24-22-. The number of nitrogens with zero attached hydrogens (tertiary/aromatic N) is 1. The predicted octanol–water partition coefficient (Wildman–Crippen LogP) is 5.88. The molecular weight excluding hydrogens is 442 g/mol. The van der Waals surface area contributed by atoms with Gasteiger partial charge in [-0.05, 0) is 75.2 Å². The van der Waals surface area contributed by atoms with Crippen LogP contribution in [0.5, 0.6) is 5.75 Å². The van der Waals surface area contributed by atoms with Crippen molar-refractivity contribution in [1.82, 2.24) is 0 Å². The first-order chi connectivity index (χ1) is 15.7. The zero-order chi connectivity index (χ0) is 23.9. The first kappa shape index (κ1) is 22.7. The molecular formula is C26H24ClNO5. The lowest BCUT2D eigenvalue weighted by Gasteiger charge is -2.25. The average Bonchev–Trinajstić information content (AvgIpc) is 3.32. The fourth-order valence-corrected chi connectivity index (χ4v) is 4.19. The number of aliphatic hydroxyl groups is 1. The molecule has 1 fully saturated rings. The summed E-state index contributed by atoms with van der Waals surface area (Å²) in [5.74, 6) is -0.464. The number of hydrogen-bond donors (Lipinski definition) is 1. The number of halogens is 1. The van der Waals surface area contributed by atoms with E-state index in [2.05, 4.69) is 0 Å². The van der Waals surface area contributed by atoms with Crippen LogP contribution in [-0.4, -0.2) is 23.4 Å². The highest BCUT2D eigenvalue weighted by atomic mass is 35.5. The quantitative estimate of drug-likeness (QED) is 0.289. The summed E-state index contributed by atoms with van der Waals surface area (Å²) in [6, 6.07) is 12.8. The van der Waals surface area contributed by atoms with Gasteiger partial charge in [-0.2, -0.15) is 0 Å². The van der Waals surface area contributed by atoms with Crippen LogP contribution in [0.1, 0.15) is 41.2 Å². The number of furan rings is 1. The van der Waals surface area contributed by atoms with E-state index in [1.807, 2.05) is 32.9 Å². The Morgan fingerprint density at radius 3 is 2.55 bits per heavy atom. The van der Waals surface area contributed by atoms with E-state index in [-0.39, 0.29) is 11.3 Å². The molecule has 3 aromatic rings. The molecule has 1 aliphatic rings. The molecule has 2 heterocycles. The molecule has 0 aliphatic carbocycles. The van der Waals surface area contributed by atoms with E-state index in [4.69, 9.17) is 20.8 Å². The minimum atomic E-state index is -0.926. The lowest BCUT2D eigenvalue weighted by Crippen LogP contribution is -2.30. The van der Waals surface area contributed by atoms with Gasteiger partial charge in [0, 0.05) is 11.3 Å². The normalized spacial score (nSPS) is 17.6. The van der Waals surface area contributed by atoms with E-state index >= 15 is 0 Å². The van der Waals surface area contributed by atoms with E-state index in [0.29, 0.717) is 40.2 Å². The highest BCUT2D eigenvalue weighted by Gasteiger charge is 2.48. The molecule has 0 bridgehead atoms. The van der Waals surface area contributed by atoms with Gasteiger partial charge >= 0.3 is 0 Å². The molecule has 1 aromatic heterocycles. The first-order valence-corrected chi connectivity index (χ1v) is 11.0. The largest absolute Gasteiger partial charge is 0.507 e. The number of ketones is 1. The van der Waals surface area contributed by atoms with Gasteiger partial charge in [0.05, 0.1) is 17.2 Å². The molecule has 7 heteroatoms. The molecule has 33 heavy (non-hydrogen) atoms. The van der Waals surface area contributed by atoms with Gasteiger partial charge in [-0.25, -0.2) is 0 Å². The summed E-state index contributed by atoms with van der Waals surface area (Å²) in [4.78, 5) is 27.9. The van der Waals surface area contributed by atoms with Gasteiger partial charge in [0.25, 0.3) is 11.7 Å². The van der Waals surface area contributed by atoms with E-state index < -0.39 is 17.7 Å². The van der Waals surface area contributed by atoms with Crippen molar-refractivity contribution in [2.45, 2.75) is 33.7 Å². The predicted molar refractivity (Wildman–Crippen MR) is 127 cm³/mol. The molecule has 0 radical (unpaired) electrons. The number of carbonyl (C=O) groups is 2. The Kier molecular flexibility index (Phi) is 6.04. The Balaban J connectivity index is 1.95. The summed E-state index contributed by atoms with van der Waals surface area (Å²) in [7, 11) is 0. The van der Waals surface area contributed by atoms with Gasteiger partial charge in [-0.1, -0.05) is 23.7 Å². The second kappa shape index (κ2) is 8.79. The summed E-state index contributed by atoms with van der Waals surface area (Å²) in [6.45, 7) is 7.80. The smallest absolute Gasteiger partial charge is 0.300 e. The van der Waals surface area contributed by atoms with Crippen LogP contribution in [0.3, 0.4) is 0 Å². The Labute approximate surface area is 197 Å². The van der Waals surface area contributed by atoms with Crippen molar-refractivity contribution in [2.75, 3.05) is 11.5 Å². The molecule has 170 valence electrons. The van der Waals surface area contributed by atoms with Gasteiger partial charge in [0.2, 0.25) is 0 Å². The van der Waals surface area contributed by atoms with Crippen LogP contribution >= 0.6 is 11.6 Å². The van der Waals surface area contributed by atoms with Crippen LogP contribution in [0.15, 0.2) is 58.5 Å². The van der Waals surface area contributed by atoms with Crippen LogP contribution in [0.25, 0.3) is 5.76 Å². The summed E-state index contributed by atoms with van der Waals surface area (Å²) in [5, 5.41) is 11.6. The van der Waals surface area contributed by atoms with Gasteiger partial charge in [-0.3, -0.25) is 14.5 Å². The Hall–Kier alpha value is -3.51. The van der Waals surface area contributed by atoms with Crippen molar-refractivity contribution in [1.29, 1.82) is 0 Å². The number of ether oxygens (including phenoxy) is 1. The molecule has 4 rings (SSSR count). The third-order valence-electron chi connectivity index (χ3n) is 5.82. The fourth-order valence-electron chi connectivity index (χ4n) is 4.02. The van der Waals surface area contributed by atoms with Crippen LogP contribution in [0, 0.1) is 20.8 Å². The molecule has 2 aromatic carbocycles. The van der Waals surface area contributed by atoms with Gasteiger partial charge < -0.3 is 14.3 Å². The summed E-state index contributed by atoms with van der Waals surface area (Å²) in [5.41, 5.74) is 2.68. The number of rotatable bonds is 5. The highest BCUT2D eigenvalue weighted by Crippen LogP contribution is 2.44. The SMILES string of the molecule is CCOc1cc(/C(O)=C2/C(=O)C(=O)N(c3cccc(C)c3C)C2c2ccc(C)o2)ccc1Cl. The van der Waals surface area contributed by atoms with Crippen molar-refractivity contribution >= 4 is 34.7 Å². The molecule has 1 aliphatic heterocycles. The molecule has 0 saturated carbocycles. The lowest BCUT2D eigenvalue weighted by atomic mass is 9.98. The summed E-state index contributed by atoms with van der Waals surface area (Å²) >= 11 is 6.19. The van der Waals surface area contributed by atoms with E-state index in [1.165, 1.54) is 4.90 Å². The molecule has 1 saturated heterocycles. The zero-order valence-electron chi connectivity index (χ0n) is 18.8. The third-order valence-corrected chi connectivity index (χ3v) is 6.13. The zero-order valence-corrected chi connectivity index (χ0v) is 19.6. The van der Waals surface area contributed by atoms with Gasteiger partial charge in [-0.15, -0.1) is 0 Å². The van der Waals surface area contributed by atoms with Crippen molar-refractivity contribution in [3.05, 3.63) is 87.3 Å². The van der Waals surface area contributed by atoms with Gasteiger partial charge in [0.15, 0.2) is 0 Å². The molecule has 0 spiro atoms. The maximum absolute atomic E-state index is 13.3. The fraction of sp³-hybridized carbons (Fsp3) is 0.231. The first-order valence-electron chi connectivity index (χ1n) is 10.6. The number of aliphatic hydroxyl groups excluding tert-OH is 1. The molecule has 1 atom stereocenters. The number of hydrogen-bond acceptors (Lipinski definition) is 5. The van der Waals surface area contributed by atoms with Crippen LogP contribution in [0.2, 0.25) is 5.02 Å². The Morgan fingerprint density at radius 2 is 1.88 bits per heavy atom. The number of carbonyl (C=O) groups excluding carboxylic acids is 2. The minimum absolute atomic E-state index is 0.0555. The van der Waals surface area contributed by atoms with Crippen molar-refractivity contribution in [3.63, 3.8) is 0 Å². The van der Waals surface area contributed by atoms with E-state index in [1.54, 1.807) is 43.3 Å². The Bertz CT molecular complexity index is 1290. The van der Waals surface area contributed by atoms with Crippen LogP contribution in [0.4, 0.5) is 5.69 Å². The van der Waals surface area contributed by atoms with Crippen molar-refractivity contribution in [2.24, 2.45) is 0 Å². The molecule has 1 unspecified atom stereocenters. The molecule has 6 nitrogen and oxygen atoms in total. The average molecular weight is 466 g/mol. The summed E-state index contributed by atoms with van der Waals surface area (Å²) in [6.07, 6.45) is 0. The van der Waals surface area contributed by atoms with Crippen LogP contribution in [-0.2, 0) is 9.59 Å². The molecule has 1 N–H and O–H groups in total. The van der Waals surface area contributed by atoms with Crippen molar-refractivity contribution < 1.29 is 23.8 Å². The second-order valence-electron chi connectivity index (χ2n) is 7.91. The maximum atomic E-state index is 13.3. The number of Topliss-reactive ketones (excluding diaryl/α,β-unsaturated/α-hetero) is 1. The second-order valence-corrected chi connectivity index (χ2v) is 8.32. The molecule has 1 amide bonds. The monoisotopic (exact) mass is 465 g/mol. The van der Waals surface area contributed by atoms with Crippen molar-refractivity contribution in [3.8, 4) is 5.75 Å². The number of amides is 1. The minimum Gasteiger partial charge on any atom is -0.507 e. The highest BCUT2D eigenvalue weighted by molar-refractivity contribution is 6.51. The maximum Gasteiger partial charge on any atom is 0.300 e. The van der Waals surface area contributed by atoms with Crippen LogP contribution < -0.4 is 9.64 Å². The number of anilines is 1.